The van der Waals surface area contributed by atoms with Gasteiger partial charge in [0.2, 0.25) is 11.6 Å². The Balaban J connectivity index is 1.69. The molecule has 37 heavy (non-hydrogen) atoms. The minimum Gasteiger partial charge on any atom is -0.288 e. The number of carbonyl (C=O) groups is 2. The third kappa shape index (κ3) is 4.38. The average molecular weight is 537 g/mol. The van der Waals surface area contributed by atoms with Gasteiger partial charge in [-0.1, -0.05) is 54.6 Å². The summed E-state index contributed by atoms with van der Waals surface area (Å²) in [7, 11) is 0. The third-order valence-corrected chi connectivity index (χ3v) is 8.45. The zero-order valence-corrected chi connectivity index (χ0v) is 21.9. The molecule has 0 spiro atoms. The summed E-state index contributed by atoms with van der Waals surface area (Å²) in [6.07, 6.45) is 2.00. The van der Waals surface area contributed by atoms with Crippen LogP contribution in [0.15, 0.2) is 130 Å². The Labute approximate surface area is 226 Å². The first-order valence-electron chi connectivity index (χ1n) is 11.6. The van der Waals surface area contributed by atoms with E-state index in [4.69, 9.17) is 0 Å². The van der Waals surface area contributed by atoms with Crippen molar-refractivity contribution in [2.24, 2.45) is 0 Å². The fourth-order valence-electron chi connectivity index (χ4n) is 4.31. The van der Waals surface area contributed by atoms with Crippen molar-refractivity contribution in [3.63, 3.8) is 0 Å². The van der Waals surface area contributed by atoms with Crippen LogP contribution in [0.3, 0.4) is 0 Å². The van der Waals surface area contributed by atoms with Gasteiger partial charge in [-0.25, -0.2) is 10.0 Å². The van der Waals surface area contributed by atoms with Gasteiger partial charge in [0.05, 0.1) is 32.4 Å². The number of thiophene rings is 3. The molecule has 6 rings (SSSR count). The van der Waals surface area contributed by atoms with Crippen LogP contribution in [-0.4, -0.2) is 11.6 Å². The number of Topliss-reactive ketones (excluding diaryl/α,β-unsaturated/α-hetero) is 2. The van der Waals surface area contributed by atoms with Crippen LogP contribution in [0.4, 0.5) is 11.4 Å². The van der Waals surface area contributed by atoms with Gasteiger partial charge in [-0.05, 0) is 64.7 Å². The molecule has 180 valence electrons. The summed E-state index contributed by atoms with van der Waals surface area (Å²) >= 11 is 4.34. The summed E-state index contributed by atoms with van der Waals surface area (Å²) in [6.45, 7) is 0. The van der Waals surface area contributed by atoms with Gasteiger partial charge >= 0.3 is 0 Å². The monoisotopic (exact) mass is 536 g/mol. The molecule has 0 bridgehead atoms. The van der Waals surface area contributed by atoms with Gasteiger partial charge < -0.3 is 0 Å². The van der Waals surface area contributed by atoms with Gasteiger partial charge in [0, 0.05) is 4.88 Å². The van der Waals surface area contributed by atoms with Gasteiger partial charge in [-0.15, -0.1) is 34.0 Å². The molecule has 5 aromatic rings. The maximum absolute atomic E-state index is 14.2. The highest BCUT2D eigenvalue weighted by atomic mass is 32.1. The normalized spacial score (nSPS) is 14.5. The molecule has 0 amide bonds. The van der Waals surface area contributed by atoms with Crippen molar-refractivity contribution in [1.82, 2.24) is 0 Å². The van der Waals surface area contributed by atoms with Crippen LogP contribution in [0.2, 0.25) is 0 Å². The summed E-state index contributed by atoms with van der Waals surface area (Å²) in [5, 5.41) is 9.64. The van der Waals surface area contributed by atoms with E-state index in [-0.39, 0.29) is 11.6 Å². The van der Waals surface area contributed by atoms with Crippen LogP contribution in [0, 0.1) is 0 Å². The molecule has 1 aliphatic heterocycles. The number of benzene rings is 2. The summed E-state index contributed by atoms with van der Waals surface area (Å²) < 4.78 is 0. The summed E-state index contributed by atoms with van der Waals surface area (Å²) in [5.41, 5.74) is 3.04. The molecule has 0 N–H and O–H groups in total. The molecule has 7 heteroatoms. The van der Waals surface area contributed by atoms with E-state index >= 15 is 0 Å². The van der Waals surface area contributed by atoms with E-state index in [0.717, 1.165) is 16.3 Å². The number of hydrazine groups is 1. The first-order chi connectivity index (χ1) is 18.2. The molecule has 4 heterocycles. The van der Waals surface area contributed by atoms with E-state index in [0.29, 0.717) is 26.7 Å². The van der Waals surface area contributed by atoms with E-state index in [1.165, 1.54) is 22.7 Å². The fourth-order valence-corrected chi connectivity index (χ4v) is 6.29. The quantitative estimate of drug-likeness (QED) is 0.197. The lowest BCUT2D eigenvalue weighted by molar-refractivity contribution is 0.101. The smallest absolute Gasteiger partial charge is 0.222 e. The van der Waals surface area contributed by atoms with E-state index in [1.807, 2.05) is 129 Å². The molecule has 0 unspecified atom stereocenters. The van der Waals surface area contributed by atoms with Gasteiger partial charge in [-0.2, -0.15) is 0 Å². The Morgan fingerprint density at radius 1 is 0.568 bits per heavy atom. The molecular weight excluding hydrogens is 517 g/mol. The zero-order chi connectivity index (χ0) is 25.2. The number of ketones is 2. The van der Waals surface area contributed by atoms with Gasteiger partial charge in [0.25, 0.3) is 0 Å². The highest BCUT2D eigenvalue weighted by molar-refractivity contribution is 7.12. The van der Waals surface area contributed by atoms with Gasteiger partial charge in [0.1, 0.15) is 5.70 Å². The van der Waals surface area contributed by atoms with Crippen molar-refractivity contribution in [2.75, 3.05) is 10.0 Å². The second-order valence-corrected chi connectivity index (χ2v) is 11.1. The molecule has 3 aromatic heterocycles. The van der Waals surface area contributed by atoms with Crippen molar-refractivity contribution >= 4 is 63.0 Å². The number of hydrogen-bond donors (Lipinski definition) is 0. The molecule has 0 saturated heterocycles. The van der Waals surface area contributed by atoms with E-state index in [9.17, 15) is 9.59 Å². The third-order valence-electron chi connectivity index (χ3n) is 5.89. The standard InChI is InChI=1S/C30H20N2O2S3/c33-29(25-15-8-18-36-25)27-24(20-23-14-7-17-35-23)31(21-10-3-1-4-11-21)32(22-12-5-2-6-13-22)28(27)30(34)26-16-9-19-37-26/h1-20H/b24-20-. The van der Waals surface area contributed by atoms with Gasteiger partial charge in [-0.3, -0.25) is 9.59 Å². The molecule has 0 atom stereocenters. The summed E-state index contributed by atoms with van der Waals surface area (Å²) in [6, 6.07) is 30.9. The molecule has 0 radical (unpaired) electrons. The Bertz CT molecular complexity index is 1590. The topological polar surface area (TPSA) is 40.6 Å². The number of carbonyl (C=O) groups excluding carboxylic acids is 2. The Morgan fingerprint density at radius 3 is 1.65 bits per heavy atom. The van der Waals surface area contributed by atoms with E-state index in [2.05, 4.69) is 0 Å². The number of rotatable bonds is 7. The number of allylic oxidation sites excluding steroid dienone is 2. The lowest BCUT2D eigenvalue weighted by Crippen LogP contribution is -2.38. The molecular formula is C30H20N2O2S3. The number of nitrogens with zero attached hydrogens (tertiary/aromatic N) is 2. The Kier molecular flexibility index (Phi) is 6.40. The minimum atomic E-state index is -0.186. The molecule has 1 aliphatic rings. The molecule has 2 aromatic carbocycles. The summed E-state index contributed by atoms with van der Waals surface area (Å²) in [4.78, 5) is 30.6. The fraction of sp³-hybridized carbons (Fsp3) is 0. The molecule has 0 saturated carbocycles. The zero-order valence-electron chi connectivity index (χ0n) is 19.5. The maximum atomic E-state index is 14.2. The minimum absolute atomic E-state index is 0.169. The molecule has 4 nitrogen and oxygen atoms in total. The first-order valence-corrected chi connectivity index (χ1v) is 14.2. The lowest BCUT2D eigenvalue weighted by Gasteiger charge is -2.34. The van der Waals surface area contributed by atoms with E-state index < -0.39 is 0 Å². The second-order valence-electron chi connectivity index (χ2n) is 8.18. The number of hydrogen-bond acceptors (Lipinski definition) is 7. The molecule has 0 fully saturated rings. The van der Waals surface area contributed by atoms with Crippen LogP contribution < -0.4 is 10.0 Å². The van der Waals surface area contributed by atoms with Crippen molar-refractivity contribution in [2.45, 2.75) is 0 Å². The SMILES string of the molecule is O=C(C1=C(C(=O)c2cccs2)N(c2ccccc2)N(c2ccccc2)/C1=C\c1cccs1)c1cccs1. The largest absolute Gasteiger partial charge is 0.288 e. The number of anilines is 2. The van der Waals surface area contributed by atoms with Crippen molar-refractivity contribution < 1.29 is 9.59 Å². The summed E-state index contributed by atoms with van der Waals surface area (Å²) in [5.74, 6) is -0.355. The second kappa shape index (κ2) is 10.1. The van der Waals surface area contributed by atoms with Crippen molar-refractivity contribution in [3.05, 3.63) is 145 Å². The Morgan fingerprint density at radius 2 is 1.11 bits per heavy atom. The van der Waals surface area contributed by atoms with Crippen LogP contribution in [0.25, 0.3) is 6.08 Å². The van der Waals surface area contributed by atoms with Crippen LogP contribution >= 0.6 is 34.0 Å². The predicted octanol–water partition coefficient (Wildman–Crippen LogP) is 8.17. The van der Waals surface area contributed by atoms with Gasteiger partial charge in [0.15, 0.2) is 0 Å². The highest BCUT2D eigenvalue weighted by Gasteiger charge is 2.43. The number of para-hydroxylation sites is 2. The van der Waals surface area contributed by atoms with E-state index in [1.54, 1.807) is 11.3 Å². The van der Waals surface area contributed by atoms with Crippen molar-refractivity contribution in [3.8, 4) is 0 Å². The first kappa shape index (κ1) is 23.4. The highest BCUT2D eigenvalue weighted by Crippen LogP contribution is 2.44. The lowest BCUT2D eigenvalue weighted by atomic mass is 10.0. The van der Waals surface area contributed by atoms with Crippen LogP contribution in [0.5, 0.6) is 0 Å². The average Bonchev–Trinajstić information content (AvgIpc) is 3.76. The van der Waals surface area contributed by atoms with Crippen molar-refractivity contribution in [1.29, 1.82) is 0 Å². The van der Waals surface area contributed by atoms with Crippen LogP contribution in [0.1, 0.15) is 24.2 Å². The predicted molar refractivity (Wildman–Crippen MR) is 154 cm³/mol. The Hall–Kier alpha value is -4.04. The maximum Gasteiger partial charge on any atom is 0.222 e. The van der Waals surface area contributed by atoms with Crippen LogP contribution in [-0.2, 0) is 0 Å². The molecule has 0 aliphatic carbocycles.